The van der Waals surface area contributed by atoms with Crippen LogP contribution in [-0.2, 0) is 4.79 Å². The van der Waals surface area contributed by atoms with E-state index in [-0.39, 0.29) is 5.91 Å². The zero-order valence-electron chi connectivity index (χ0n) is 9.65. The van der Waals surface area contributed by atoms with Crippen LogP contribution in [0.15, 0.2) is 45.6 Å². The van der Waals surface area contributed by atoms with Crippen molar-refractivity contribution in [2.24, 2.45) is 0 Å². The third-order valence-electron chi connectivity index (χ3n) is 2.85. The van der Waals surface area contributed by atoms with Crippen LogP contribution in [0.5, 0.6) is 0 Å². The van der Waals surface area contributed by atoms with Crippen LogP contribution in [0.25, 0.3) is 11.6 Å². The SMILES string of the molecule is O=C1Nc2c(Br)cc(Br)cc2C1=Cc1ccncc1. The Morgan fingerprint density at radius 1 is 1.16 bits per heavy atom. The molecule has 19 heavy (non-hydrogen) atoms. The molecule has 2 heterocycles. The van der Waals surface area contributed by atoms with Gasteiger partial charge < -0.3 is 5.32 Å². The predicted molar refractivity (Wildman–Crippen MR) is 82.6 cm³/mol. The number of fused-ring (bicyclic) bond motifs is 1. The highest BCUT2D eigenvalue weighted by Gasteiger charge is 2.26. The molecule has 1 aliphatic rings. The summed E-state index contributed by atoms with van der Waals surface area (Å²) in [6.07, 6.45) is 5.27. The molecule has 1 aliphatic heterocycles. The number of hydrogen-bond donors (Lipinski definition) is 1. The van der Waals surface area contributed by atoms with Crippen LogP contribution in [0.1, 0.15) is 11.1 Å². The highest BCUT2D eigenvalue weighted by Crippen LogP contribution is 2.40. The van der Waals surface area contributed by atoms with E-state index in [0.717, 1.165) is 25.8 Å². The van der Waals surface area contributed by atoms with Crippen molar-refractivity contribution in [3.05, 3.63) is 56.7 Å². The number of carbonyl (C=O) groups excluding carboxylic acids is 1. The number of rotatable bonds is 1. The molecule has 2 aromatic rings. The molecule has 0 atom stereocenters. The van der Waals surface area contributed by atoms with Gasteiger partial charge in [-0.1, -0.05) is 15.9 Å². The summed E-state index contributed by atoms with van der Waals surface area (Å²) in [7, 11) is 0. The fourth-order valence-corrected chi connectivity index (χ4v) is 3.31. The molecule has 0 bridgehead atoms. The number of pyridine rings is 1. The first-order valence-electron chi connectivity index (χ1n) is 5.57. The van der Waals surface area contributed by atoms with Crippen LogP contribution >= 0.6 is 31.9 Å². The summed E-state index contributed by atoms with van der Waals surface area (Å²) in [6, 6.07) is 7.58. The van der Waals surface area contributed by atoms with Gasteiger partial charge in [-0.2, -0.15) is 0 Å². The lowest BCUT2D eigenvalue weighted by atomic mass is 10.0. The standard InChI is InChI=1S/C14H8Br2N2O/c15-9-6-10-11(5-8-1-3-17-4-2-8)14(19)18-13(10)12(16)7-9/h1-7H,(H,18,19). The Morgan fingerprint density at radius 2 is 1.89 bits per heavy atom. The van der Waals surface area contributed by atoms with Crippen LogP contribution in [0.4, 0.5) is 5.69 Å². The molecule has 1 amide bonds. The summed E-state index contributed by atoms with van der Waals surface area (Å²) in [6.45, 7) is 0. The van der Waals surface area contributed by atoms with E-state index in [4.69, 9.17) is 0 Å². The Labute approximate surface area is 127 Å². The van der Waals surface area contributed by atoms with E-state index in [1.807, 2.05) is 30.3 Å². The molecule has 0 unspecified atom stereocenters. The van der Waals surface area contributed by atoms with Gasteiger partial charge in [0, 0.05) is 32.5 Å². The van der Waals surface area contributed by atoms with E-state index in [0.29, 0.717) is 5.57 Å². The van der Waals surface area contributed by atoms with Crippen molar-refractivity contribution in [2.75, 3.05) is 5.32 Å². The number of nitrogens with zero attached hydrogens (tertiary/aromatic N) is 1. The Morgan fingerprint density at radius 3 is 2.63 bits per heavy atom. The lowest BCUT2D eigenvalue weighted by Crippen LogP contribution is -2.03. The number of aromatic nitrogens is 1. The van der Waals surface area contributed by atoms with Crippen LogP contribution in [0.2, 0.25) is 0 Å². The molecule has 0 fully saturated rings. The average Bonchev–Trinajstić information content (AvgIpc) is 2.69. The second-order valence-electron chi connectivity index (χ2n) is 4.10. The number of anilines is 1. The van der Waals surface area contributed by atoms with Gasteiger partial charge in [0.2, 0.25) is 0 Å². The molecule has 0 saturated carbocycles. The second kappa shape index (κ2) is 4.90. The summed E-state index contributed by atoms with van der Waals surface area (Å²) in [5, 5.41) is 2.87. The molecule has 0 spiro atoms. The molecular formula is C14H8Br2N2O. The molecule has 1 N–H and O–H groups in total. The first-order valence-corrected chi connectivity index (χ1v) is 7.16. The molecule has 0 radical (unpaired) electrons. The maximum atomic E-state index is 12.1. The molecular weight excluding hydrogens is 372 g/mol. The minimum atomic E-state index is -0.0920. The van der Waals surface area contributed by atoms with Crippen molar-refractivity contribution < 1.29 is 4.79 Å². The van der Waals surface area contributed by atoms with Gasteiger partial charge in [0.1, 0.15) is 0 Å². The quantitative estimate of drug-likeness (QED) is 0.758. The first kappa shape index (κ1) is 12.6. The highest BCUT2D eigenvalue weighted by molar-refractivity contribution is 9.11. The van der Waals surface area contributed by atoms with Crippen molar-refractivity contribution in [1.82, 2.24) is 4.98 Å². The lowest BCUT2D eigenvalue weighted by molar-refractivity contribution is -0.110. The fraction of sp³-hybridized carbons (Fsp3) is 0. The average molecular weight is 380 g/mol. The fourth-order valence-electron chi connectivity index (χ4n) is 1.99. The second-order valence-corrected chi connectivity index (χ2v) is 5.87. The van der Waals surface area contributed by atoms with Crippen LogP contribution in [0, 0.1) is 0 Å². The number of carbonyl (C=O) groups is 1. The van der Waals surface area contributed by atoms with E-state index in [2.05, 4.69) is 42.2 Å². The van der Waals surface area contributed by atoms with Crippen molar-refractivity contribution >= 4 is 55.1 Å². The number of benzene rings is 1. The largest absolute Gasteiger partial charge is 0.320 e. The molecule has 0 saturated heterocycles. The predicted octanol–water partition coefficient (Wildman–Crippen LogP) is 4.10. The van der Waals surface area contributed by atoms with Crippen molar-refractivity contribution in [2.45, 2.75) is 0 Å². The minimum Gasteiger partial charge on any atom is -0.320 e. The number of hydrogen-bond acceptors (Lipinski definition) is 2. The van der Waals surface area contributed by atoms with Crippen LogP contribution in [0.3, 0.4) is 0 Å². The summed E-state index contributed by atoms with van der Waals surface area (Å²) >= 11 is 6.90. The minimum absolute atomic E-state index is 0.0920. The van der Waals surface area contributed by atoms with Gasteiger partial charge in [0.05, 0.1) is 5.69 Å². The van der Waals surface area contributed by atoms with Gasteiger partial charge in [-0.25, -0.2) is 0 Å². The number of amides is 1. The molecule has 1 aromatic heterocycles. The summed E-state index contributed by atoms with van der Waals surface area (Å²) < 4.78 is 1.79. The Balaban J connectivity index is 2.16. The van der Waals surface area contributed by atoms with E-state index in [9.17, 15) is 4.79 Å². The zero-order chi connectivity index (χ0) is 13.4. The van der Waals surface area contributed by atoms with Crippen LogP contribution in [-0.4, -0.2) is 10.9 Å². The molecule has 5 heteroatoms. The molecule has 1 aromatic carbocycles. The van der Waals surface area contributed by atoms with Gasteiger partial charge in [-0.05, 0) is 51.8 Å². The van der Waals surface area contributed by atoms with Gasteiger partial charge >= 0.3 is 0 Å². The van der Waals surface area contributed by atoms with E-state index in [1.54, 1.807) is 12.4 Å². The third-order valence-corrected chi connectivity index (χ3v) is 3.93. The number of halogens is 2. The topological polar surface area (TPSA) is 42.0 Å². The maximum Gasteiger partial charge on any atom is 0.256 e. The molecule has 3 rings (SSSR count). The van der Waals surface area contributed by atoms with Gasteiger partial charge in [-0.15, -0.1) is 0 Å². The maximum absolute atomic E-state index is 12.1. The van der Waals surface area contributed by atoms with E-state index < -0.39 is 0 Å². The van der Waals surface area contributed by atoms with Gasteiger partial charge in [-0.3, -0.25) is 9.78 Å². The third kappa shape index (κ3) is 2.35. The summed E-state index contributed by atoms with van der Waals surface area (Å²) in [5.41, 5.74) is 3.31. The van der Waals surface area contributed by atoms with E-state index in [1.165, 1.54) is 0 Å². The van der Waals surface area contributed by atoms with Crippen LogP contribution < -0.4 is 5.32 Å². The van der Waals surface area contributed by atoms with E-state index >= 15 is 0 Å². The smallest absolute Gasteiger partial charge is 0.256 e. The Hall–Kier alpha value is -1.46. The van der Waals surface area contributed by atoms with Gasteiger partial charge in [0.15, 0.2) is 0 Å². The van der Waals surface area contributed by atoms with Crippen molar-refractivity contribution in [3.63, 3.8) is 0 Å². The van der Waals surface area contributed by atoms with Crippen molar-refractivity contribution in [1.29, 1.82) is 0 Å². The summed E-state index contributed by atoms with van der Waals surface area (Å²) in [4.78, 5) is 16.0. The zero-order valence-corrected chi connectivity index (χ0v) is 12.8. The Bertz CT molecular complexity index is 696. The monoisotopic (exact) mass is 378 g/mol. The van der Waals surface area contributed by atoms with Gasteiger partial charge in [0.25, 0.3) is 5.91 Å². The highest BCUT2D eigenvalue weighted by atomic mass is 79.9. The van der Waals surface area contributed by atoms with Crippen molar-refractivity contribution in [3.8, 4) is 0 Å². The molecule has 94 valence electrons. The Kier molecular flexibility index (Phi) is 3.24. The molecule has 3 nitrogen and oxygen atoms in total. The molecule has 0 aliphatic carbocycles. The number of nitrogens with one attached hydrogen (secondary N) is 1. The first-order chi connectivity index (χ1) is 9.15. The normalized spacial score (nSPS) is 15.5. The lowest BCUT2D eigenvalue weighted by Gasteiger charge is -2.02. The summed E-state index contributed by atoms with van der Waals surface area (Å²) in [5.74, 6) is -0.0920.